The van der Waals surface area contributed by atoms with E-state index in [0.29, 0.717) is 6.61 Å². The van der Waals surface area contributed by atoms with Crippen molar-refractivity contribution in [3.63, 3.8) is 0 Å². The third-order valence-corrected chi connectivity index (χ3v) is 2.82. The standard InChI is InChI=1S/C12H22O3/c1-3-14-12(13)10(2)15-11-8-6-4-5-7-9-11/h10-11H,3-9H2,1-2H3. The van der Waals surface area contributed by atoms with Crippen LogP contribution in [0.2, 0.25) is 0 Å². The highest BCUT2D eigenvalue weighted by atomic mass is 16.6. The summed E-state index contributed by atoms with van der Waals surface area (Å²) in [6, 6.07) is 0. The van der Waals surface area contributed by atoms with E-state index in [9.17, 15) is 4.79 Å². The fraction of sp³-hybridized carbons (Fsp3) is 0.917. The van der Waals surface area contributed by atoms with Crippen LogP contribution in [0.4, 0.5) is 0 Å². The van der Waals surface area contributed by atoms with Crippen molar-refractivity contribution in [2.75, 3.05) is 6.61 Å². The maximum Gasteiger partial charge on any atom is 0.334 e. The van der Waals surface area contributed by atoms with Crippen molar-refractivity contribution in [2.45, 2.75) is 64.6 Å². The van der Waals surface area contributed by atoms with Gasteiger partial charge in [-0.25, -0.2) is 4.79 Å². The van der Waals surface area contributed by atoms with E-state index in [0.717, 1.165) is 12.8 Å². The van der Waals surface area contributed by atoms with Crippen LogP contribution in [0, 0.1) is 0 Å². The normalized spacial score (nSPS) is 20.7. The van der Waals surface area contributed by atoms with Crippen LogP contribution in [0.5, 0.6) is 0 Å². The fourth-order valence-corrected chi connectivity index (χ4v) is 1.98. The van der Waals surface area contributed by atoms with Crippen LogP contribution < -0.4 is 0 Å². The average molecular weight is 214 g/mol. The molecule has 1 atom stereocenters. The van der Waals surface area contributed by atoms with Crippen molar-refractivity contribution in [1.82, 2.24) is 0 Å². The van der Waals surface area contributed by atoms with E-state index in [2.05, 4.69) is 0 Å². The zero-order chi connectivity index (χ0) is 11.1. The van der Waals surface area contributed by atoms with Crippen LogP contribution in [-0.4, -0.2) is 24.8 Å². The summed E-state index contributed by atoms with van der Waals surface area (Å²) in [6.07, 6.45) is 7.06. The molecule has 15 heavy (non-hydrogen) atoms. The van der Waals surface area contributed by atoms with Crippen LogP contribution in [0.25, 0.3) is 0 Å². The van der Waals surface area contributed by atoms with Gasteiger partial charge in [-0.1, -0.05) is 25.7 Å². The molecule has 88 valence electrons. The number of ether oxygens (including phenoxy) is 2. The van der Waals surface area contributed by atoms with Crippen molar-refractivity contribution in [3.05, 3.63) is 0 Å². The van der Waals surface area contributed by atoms with Gasteiger partial charge < -0.3 is 9.47 Å². The minimum atomic E-state index is -0.409. The predicted molar refractivity (Wildman–Crippen MR) is 58.7 cm³/mol. The van der Waals surface area contributed by atoms with Crippen molar-refractivity contribution < 1.29 is 14.3 Å². The molecule has 0 spiro atoms. The van der Waals surface area contributed by atoms with Crippen LogP contribution >= 0.6 is 0 Å². The maximum absolute atomic E-state index is 11.4. The van der Waals surface area contributed by atoms with Gasteiger partial charge in [-0.15, -0.1) is 0 Å². The first kappa shape index (κ1) is 12.5. The van der Waals surface area contributed by atoms with Gasteiger partial charge in [-0.3, -0.25) is 0 Å². The van der Waals surface area contributed by atoms with E-state index in [1.165, 1.54) is 25.7 Å². The molecule has 1 rings (SSSR count). The molecule has 1 fully saturated rings. The van der Waals surface area contributed by atoms with Gasteiger partial charge >= 0.3 is 5.97 Å². The number of rotatable bonds is 4. The quantitative estimate of drug-likeness (QED) is 0.533. The first-order valence-corrected chi connectivity index (χ1v) is 6.06. The molecule has 0 aromatic carbocycles. The number of hydrogen-bond acceptors (Lipinski definition) is 3. The van der Waals surface area contributed by atoms with Gasteiger partial charge in [-0.05, 0) is 26.7 Å². The summed E-state index contributed by atoms with van der Waals surface area (Å²) in [7, 11) is 0. The highest BCUT2D eigenvalue weighted by Crippen LogP contribution is 2.21. The molecular weight excluding hydrogens is 192 g/mol. The van der Waals surface area contributed by atoms with E-state index in [-0.39, 0.29) is 12.1 Å². The first-order valence-electron chi connectivity index (χ1n) is 6.06. The lowest BCUT2D eigenvalue weighted by molar-refractivity contribution is -0.159. The molecule has 1 saturated carbocycles. The van der Waals surface area contributed by atoms with Gasteiger partial charge in [-0.2, -0.15) is 0 Å². The Bertz CT molecular complexity index is 183. The summed E-state index contributed by atoms with van der Waals surface area (Å²) >= 11 is 0. The second-order valence-electron chi connectivity index (χ2n) is 4.14. The molecular formula is C12H22O3. The van der Waals surface area contributed by atoms with E-state index in [1.54, 1.807) is 6.92 Å². The van der Waals surface area contributed by atoms with E-state index in [4.69, 9.17) is 9.47 Å². The zero-order valence-electron chi connectivity index (χ0n) is 9.83. The van der Waals surface area contributed by atoms with E-state index >= 15 is 0 Å². The average Bonchev–Trinajstić information content (AvgIpc) is 2.46. The minimum absolute atomic E-state index is 0.234. The molecule has 3 heteroatoms. The molecule has 0 aliphatic heterocycles. The van der Waals surface area contributed by atoms with E-state index in [1.807, 2.05) is 6.92 Å². The number of carbonyl (C=O) groups excluding carboxylic acids is 1. The van der Waals surface area contributed by atoms with Crippen LogP contribution in [0.1, 0.15) is 52.4 Å². The lowest BCUT2D eigenvalue weighted by Gasteiger charge is -2.19. The molecule has 0 saturated heterocycles. The van der Waals surface area contributed by atoms with Gasteiger partial charge in [0.1, 0.15) is 0 Å². The van der Waals surface area contributed by atoms with Gasteiger partial charge in [0.2, 0.25) is 0 Å². The van der Waals surface area contributed by atoms with Crippen LogP contribution in [0.3, 0.4) is 0 Å². The Morgan fingerprint density at radius 2 is 1.87 bits per heavy atom. The zero-order valence-corrected chi connectivity index (χ0v) is 9.83. The van der Waals surface area contributed by atoms with Crippen molar-refractivity contribution in [3.8, 4) is 0 Å². The molecule has 0 aromatic heterocycles. The molecule has 0 radical (unpaired) electrons. The summed E-state index contributed by atoms with van der Waals surface area (Å²) in [5.74, 6) is -0.234. The maximum atomic E-state index is 11.4. The van der Waals surface area contributed by atoms with Gasteiger partial charge in [0, 0.05) is 0 Å². The molecule has 1 unspecified atom stereocenters. The van der Waals surface area contributed by atoms with Crippen molar-refractivity contribution >= 4 is 5.97 Å². The smallest absolute Gasteiger partial charge is 0.334 e. The summed E-state index contributed by atoms with van der Waals surface area (Å²) in [6.45, 7) is 4.02. The summed E-state index contributed by atoms with van der Waals surface area (Å²) in [5, 5.41) is 0. The molecule has 0 N–H and O–H groups in total. The Morgan fingerprint density at radius 1 is 1.27 bits per heavy atom. The largest absolute Gasteiger partial charge is 0.464 e. The summed E-state index contributed by atoms with van der Waals surface area (Å²) in [4.78, 5) is 11.4. The second kappa shape index (κ2) is 6.83. The molecule has 0 aromatic rings. The SMILES string of the molecule is CCOC(=O)C(C)OC1CCCCCC1. The molecule has 0 amide bonds. The number of carbonyl (C=O) groups is 1. The lowest BCUT2D eigenvalue weighted by atomic mass is 10.1. The molecule has 1 aliphatic rings. The van der Waals surface area contributed by atoms with Gasteiger partial charge in [0.15, 0.2) is 6.10 Å². The fourth-order valence-electron chi connectivity index (χ4n) is 1.98. The molecule has 0 bridgehead atoms. The van der Waals surface area contributed by atoms with Crippen molar-refractivity contribution in [2.24, 2.45) is 0 Å². The Kier molecular flexibility index (Phi) is 5.69. The number of esters is 1. The van der Waals surface area contributed by atoms with Crippen LogP contribution in [0.15, 0.2) is 0 Å². The summed E-state index contributed by atoms with van der Waals surface area (Å²) < 4.78 is 10.6. The monoisotopic (exact) mass is 214 g/mol. The summed E-state index contributed by atoms with van der Waals surface area (Å²) in [5.41, 5.74) is 0. The highest BCUT2D eigenvalue weighted by Gasteiger charge is 2.20. The predicted octanol–water partition coefficient (Wildman–Crippen LogP) is 2.68. The molecule has 1 aliphatic carbocycles. The molecule has 0 heterocycles. The number of hydrogen-bond donors (Lipinski definition) is 0. The minimum Gasteiger partial charge on any atom is -0.464 e. The molecule has 3 nitrogen and oxygen atoms in total. The Balaban J connectivity index is 2.28. The van der Waals surface area contributed by atoms with Gasteiger partial charge in [0.05, 0.1) is 12.7 Å². The van der Waals surface area contributed by atoms with Crippen LogP contribution in [-0.2, 0) is 14.3 Å². The third kappa shape index (κ3) is 4.65. The Labute approximate surface area is 92.1 Å². The first-order chi connectivity index (χ1) is 7.24. The van der Waals surface area contributed by atoms with E-state index < -0.39 is 6.10 Å². The lowest BCUT2D eigenvalue weighted by Crippen LogP contribution is -2.28. The Morgan fingerprint density at radius 3 is 2.40 bits per heavy atom. The van der Waals surface area contributed by atoms with Gasteiger partial charge in [0.25, 0.3) is 0 Å². The highest BCUT2D eigenvalue weighted by molar-refractivity contribution is 5.74. The van der Waals surface area contributed by atoms with Crippen molar-refractivity contribution in [1.29, 1.82) is 0 Å². The second-order valence-corrected chi connectivity index (χ2v) is 4.14. The third-order valence-electron chi connectivity index (χ3n) is 2.82. The Hall–Kier alpha value is -0.570. The topological polar surface area (TPSA) is 35.5 Å².